The molecule has 2 heterocycles. The van der Waals surface area contributed by atoms with Gasteiger partial charge in [-0.25, -0.2) is 4.98 Å². The van der Waals surface area contributed by atoms with E-state index in [-0.39, 0.29) is 17.9 Å². The molecule has 0 radical (unpaired) electrons. The second-order valence-electron chi connectivity index (χ2n) is 8.58. The number of amides is 2. The summed E-state index contributed by atoms with van der Waals surface area (Å²) in [5, 5.41) is 3.27. The topological polar surface area (TPSA) is 76.5 Å². The number of nitrogens with one attached hydrogen (secondary N) is 1. The molecule has 1 saturated carbocycles. The minimum atomic E-state index is -0.997. The molecule has 1 aromatic heterocycles. The van der Waals surface area contributed by atoms with Crippen LogP contribution in [0.1, 0.15) is 50.1 Å². The molecule has 1 fully saturated rings. The molecule has 0 unspecified atom stereocenters. The summed E-state index contributed by atoms with van der Waals surface area (Å²) in [4.78, 5) is 33.1. The SMILES string of the molecule is COCCN1C(=O)c2nc3ccccc3n2C[C@]1(C)C(=O)N[C@H]1CCCC[C@H]1C. The zero-order valence-corrected chi connectivity index (χ0v) is 17.5. The van der Waals surface area contributed by atoms with Gasteiger partial charge in [0.2, 0.25) is 5.91 Å². The lowest BCUT2D eigenvalue weighted by Gasteiger charge is -2.44. The van der Waals surface area contributed by atoms with E-state index in [0.29, 0.717) is 31.4 Å². The van der Waals surface area contributed by atoms with Crippen molar-refractivity contribution in [3.05, 3.63) is 30.1 Å². The second-order valence-corrected chi connectivity index (χ2v) is 8.58. The van der Waals surface area contributed by atoms with E-state index in [1.54, 1.807) is 12.0 Å². The summed E-state index contributed by atoms with van der Waals surface area (Å²) in [6.07, 6.45) is 4.47. The highest BCUT2D eigenvalue weighted by atomic mass is 16.5. The largest absolute Gasteiger partial charge is 0.383 e. The van der Waals surface area contributed by atoms with Gasteiger partial charge in [-0.05, 0) is 37.8 Å². The Labute approximate surface area is 171 Å². The average Bonchev–Trinajstić information content (AvgIpc) is 3.08. The van der Waals surface area contributed by atoms with Gasteiger partial charge in [-0.15, -0.1) is 0 Å². The van der Waals surface area contributed by atoms with Crippen molar-refractivity contribution in [2.75, 3.05) is 20.3 Å². The summed E-state index contributed by atoms with van der Waals surface area (Å²) in [5.74, 6) is 0.522. The third kappa shape index (κ3) is 3.41. The molecule has 4 rings (SSSR count). The predicted molar refractivity (Wildman–Crippen MR) is 111 cm³/mol. The van der Waals surface area contributed by atoms with Crippen LogP contribution >= 0.6 is 0 Å². The number of carbonyl (C=O) groups is 2. The number of hydrogen-bond donors (Lipinski definition) is 1. The minimum absolute atomic E-state index is 0.0934. The molecule has 3 atom stereocenters. The van der Waals surface area contributed by atoms with Crippen molar-refractivity contribution in [1.82, 2.24) is 19.8 Å². The van der Waals surface area contributed by atoms with Gasteiger partial charge in [-0.1, -0.05) is 31.9 Å². The van der Waals surface area contributed by atoms with Crippen LogP contribution in [0.5, 0.6) is 0 Å². The third-order valence-corrected chi connectivity index (χ3v) is 6.59. The Morgan fingerprint density at radius 2 is 2.07 bits per heavy atom. The van der Waals surface area contributed by atoms with Crippen LogP contribution in [0.4, 0.5) is 0 Å². The lowest BCUT2D eigenvalue weighted by atomic mass is 9.85. The van der Waals surface area contributed by atoms with Crippen molar-refractivity contribution in [3.8, 4) is 0 Å². The molecule has 0 spiro atoms. The fourth-order valence-electron chi connectivity index (χ4n) is 4.72. The molecule has 2 aromatic rings. The first-order valence-electron chi connectivity index (χ1n) is 10.5. The predicted octanol–water partition coefficient (Wildman–Crippen LogP) is 2.59. The Bertz CT molecular complexity index is 924. The van der Waals surface area contributed by atoms with E-state index in [4.69, 9.17) is 4.74 Å². The highest BCUT2D eigenvalue weighted by molar-refractivity contribution is 6.01. The summed E-state index contributed by atoms with van der Waals surface area (Å²) < 4.78 is 7.12. The molecular formula is C22H30N4O3. The Kier molecular flexibility index (Phi) is 5.34. The van der Waals surface area contributed by atoms with Crippen molar-refractivity contribution in [2.24, 2.45) is 5.92 Å². The number of imidazole rings is 1. The first kappa shape index (κ1) is 19.9. The number of para-hydroxylation sites is 2. The van der Waals surface area contributed by atoms with Crippen LogP contribution in [0.2, 0.25) is 0 Å². The molecule has 1 aliphatic carbocycles. The molecule has 0 bridgehead atoms. The Morgan fingerprint density at radius 3 is 2.83 bits per heavy atom. The van der Waals surface area contributed by atoms with Crippen molar-refractivity contribution in [1.29, 1.82) is 0 Å². The number of carbonyl (C=O) groups excluding carboxylic acids is 2. The van der Waals surface area contributed by atoms with Gasteiger partial charge in [0.05, 0.1) is 24.2 Å². The summed E-state index contributed by atoms with van der Waals surface area (Å²) >= 11 is 0. The summed E-state index contributed by atoms with van der Waals surface area (Å²) in [5.41, 5.74) is 0.656. The zero-order chi connectivity index (χ0) is 20.6. The summed E-state index contributed by atoms with van der Waals surface area (Å²) in [7, 11) is 1.60. The molecule has 2 amide bonds. The quantitative estimate of drug-likeness (QED) is 0.840. The van der Waals surface area contributed by atoms with Crippen molar-refractivity contribution >= 4 is 22.8 Å². The van der Waals surface area contributed by atoms with Gasteiger partial charge in [-0.3, -0.25) is 9.59 Å². The van der Waals surface area contributed by atoms with E-state index in [9.17, 15) is 9.59 Å². The van der Waals surface area contributed by atoms with Gasteiger partial charge in [-0.2, -0.15) is 0 Å². The summed E-state index contributed by atoms with van der Waals surface area (Å²) in [6.45, 7) is 5.16. The Morgan fingerprint density at radius 1 is 1.31 bits per heavy atom. The fraction of sp³-hybridized carbons (Fsp3) is 0.591. The number of benzene rings is 1. The number of fused-ring (bicyclic) bond motifs is 3. The maximum atomic E-state index is 13.5. The molecule has 156 valence electrons. The van der Waals surface area contributed by atoms with Crippen molar-refractivity contribution in [3.63, 3.8) is 0 Å². The van der Waals surface area contributed by atoms with Crippen LogP contribution in [-0.2, 0) is 16.1 Å². The van der Waals surface area contributed by atoms with Gasteiger partial charge in [0.1, 0.15) is 5.54 Å². The Balaban J connectivity index is 1.70. The molecule has 7 nitrogen and oxygen atoms in total. The molecule has 2 aliphatic rings. The van der Waals surface area contributed by atoms with E-state index in [2.05, 4.69) is 17.2 Å². The number of nitrogens with zero attached hydrogens (tertiary/aromatic N) is 3. The molecule has 0 saturated heterocycles. The molecule has 1 N–H and O–H groups in total. The zero-order valence-electron chi connectivity index (χ0n) is 17.5. The first-order valence-corrected chi connectivity index (χ1v) is 10.5. The normalized spacial score (nSPS) is 27.1. The van der Waals surface area contributed by atoms with Gasteiger partial charge < -0.3 is 19.5 Å². The molecule has 7 heteroatoms. The highest BCUT2D eigenvalue weighted by Gasteiger charge is 2.48. The van der Waals surface area contributed by atoms with Crippen LogP contribution in [0, 0.1) is 5.92 Å². The first-order chi connectivity index (χ1) is 14.0. The van der Waals surface area contributed by atoms with Crippen LogP contribution in [0.25, 0.3) is 11.0 Å². The average molecular weight is 399 g/mol. The number of rotatable bonds is 5. The lowest BCUT2D eigenvalue weighted by Crippen LogP contribution is -2.66. The Hall–Kier alpha value is -2.41. The van der Waals surface area contributed by atoms with Crippen molar-refractivity contribution < 1.29 is 14.3 Å². The maximum absolute atomic E-state index is 13.5. The van der Waals surface area contributed by atoms with Crippen molar-refractivity contribution in [2.45, 2.75) is 57.7 Å². The standard InChI is InChI=1S/C22H30N4O3/c1-15-8-4-5-9-16(15)24-21(28)22(2)14-25-18-11-7-6-10-17(18)23-19(25)20(27)26(22)12-13-29-3/h6-7,10-11,15-16H,4-5,8-9,12-14H2,1-3H3,(H,24,28)/t15-,16+,22-/m1/s1. The van der Waals surface area contributed by atoms with E-state index in [1.165, 1.54) is 6.42 Å². The van der Waals surface area contributed by atoms with Gasteiger partial charge >= 0.3 is 0 Å². The van der Waals surface area contributed by atoms with Gasteiger partial charge in [0.15, 0.2) is 5.82 Å². The minimum Gasteiger partial charge on any atom is -0.383 e. The number of methoxy groups -OCH3 is 1. The molecule has 29 heavy (non-hydrogen) atoms. The van der Waals surface area contributed by atoms with Gasteiger partial charge in [0, 0.05) is 19.7 Å². The molecule has 1 aliphatic heterocycles. The van der Waals surface area contributed by atoms with Crippen LogP contribution in [0.3, 0.4) is 0 Å². The maximum Gasteiger partial charge on any atom is 0.290 e. The van der Waals surface area contributed by atoms with Crippen LogP contribution < -0.4 is 5.32 Å². The highest BCUT2D eigenvalue weighted by Crippen LogP contribution is 2.31. The number of aromatic nitrogens is 2. The molecular weight excluding hydrogens is 368 g/mol. The monoisotopic (exact) mass is 398 g/mol. The number of ether oxygens (including phenoxy) is 1. The fourth-order valence-corrected chi connectivity index (χ4v) is 4.72. The third-order valence-electron chi connectivity index (χ3n) is 6.59. The van der Waals surface area contributed by atoms with Gasteiger partial charge in [0.25, 0.3) is 5.91 Å². The van der Waals surface area contributed by atoms with Crippen LogP contribution in [0.15, 0.2) is 24.3 Å². The smallest absolute Gasteiger partial charge is 0.290 e. The number of hydrogen-bond acceptors (Lipinski definition) is 4. The van der Waals surface area contributed by atoms with E-state index in [0.717, 1.165) is 30.3 Å². The van der Waals surface area contributed by atoms with E-state index >= 15 is 0 Å². The van der Waals surface area contributed by atoms with E-state index < -0.39 is 5.54 Å². The summed E-state index contributed by atoms with van der Waals surface area (Å²) in [6, 6.07) is 7.85. The van der Waals surface area contributed by atoms with E-state index in [1.807, 2.05) is 35.8 Å². The lowest BCUT2D eigenvalue weighted by molar-refractivity contribution is -0.134. The second kappa shape index (κ2) is 7.78. The van der Waals surface area contributed by atoms with Crippen LogP contribution in [-0.4, -0.2) is 58.1 Å². The molecule has 1 aromatic carbocycles.